The first kappa shape index (κ1) is 20.9. The molecule has 1 amide bonds. The second-order valence-corrected chi connectivity index (χ2v) is 8.34. The van der Waals surface area contributed by atoms with Crippen LogP contribution in [0, 0.1) is 5.82 Å². The minimum absolute atomic E-state index is 0.141. The van der Waals surface area contributed by atoms with Gasteiger partial charge in [-0.05, 0) is 31.2 Å². The Balaban J connectivity index is 1.87. The molecule has 10 heteroatoms. The number of ether oxygens (including phenoxy) is 1. The molecule has 1 N–H and O–H groups in total. The summed E-state index contributed by atoms with van der Waals surface area (Å²) in [5, 5.41) is 2.50. The van der Waals surface area contributed by atoms with Gasteiger partial charge in [-0.25, -0.2) is 12.8 Å². The summed E-state index contributed by atoms with van der Waals surface area (Å²) < 4.78 is 43.4. The summed E-state index contributed by atoms with van der Waals surface area (Å²) in [6.07, 6.45) is 1.74. The van der Waals surface area contributed by atoms with E-state index >= 15 is 0 Å². The summed E-state index contributed by atoms with van der Waals surface area (Å²) in [5.41, 5.74) is 0.141. The Morgan fingerprint density at radius 1 is 1.38 bits per heavy atom. The second kappa shape index (κ2) is 9.50. The summed E-state index contributed by atoms with van der Waals surface area (Å²) in [6.45, 7) is 4.08. The van der Waals surface area contributed by atoms with E-state index in [1.165, 1.54) is 12.1 Å². The molecule has 1 aromatic rings. The van der Waals surface area contributed by atoms with E-state index in [-0.39, 0.29) is 10.7 Å². The van der Waals surface area contributed by atoms with Gasteiger partial charge in [-0.3, -0.25) is 14.0 Å². The summed E-state index contributed by atoms with van der Waals surface area (Å²) in [7, 11) is -3.72. The van der Waals surface area contributed by atoms with Gasteiger partial charge in [0.2, 0.25) is 15.9 Å². The van der Waals surface area contributed by atoms with Gasteiger partial charge in [0.15, 0.2) is 0 Å². The topological polar surface area (TPSA) is 79.0 Å². The number of halogens is 2. The van der Waals surface area contributed by atoms with Crippen LogP contribution in [0.15, 0.2) is 18.2 Å². The van der Waals surface area contributed by atoms with Gasteiger partial charge in [-0.2, -0.15) is 0 Å². The van der Waals surface area contributed by atoms with Crippen molar-refractivity contribution in [1.82, 2.24) is 10.2 Å². The summed E-state index contributed by atoms with van der Waals surface area (Å²) in [6, 6.07) is 3.52. The third-order valence-electron chi connectivity index (χ3n) is 3.96. The van der Waals surface area contributed by atoms with E-state index in [1.54, 1.807) is 0 Å². The van der Waals surface area contributed by atoms with Gasteiger partial charge < -0.3 is 10.1 Å². The molecule has 1 fully saturated rings. The third kappa shape index (κ3) is 6.39. The number of rotatable bonds is 8. The highest BCUT2D eigenvalue weighted by molar-refractivity contribution is 7.92. The van der Waals surface area contributed by atoms with Crippen LogP contribution < -0.4 is 9.62 Å². The molecule has 1 saturated heterocycles. The van der Waals surface area contributed by atoms with Gasteiger partial charge in [-0.15, -0.1) is 0 Å². The second-order valence-electron chi connectivity index (χ2n) is 6.03. The highest BCUT2D eigenvalue weighted by Crippen LogP contribution is 2.24. The van der Waals surface area contributed by atoms with Crippen molar-refractivity contribution in [3.8, 4) is 0 Å². The quantitative estimate of drug-likeness (QED) is 0.652. The van der Waals surface area contributed by atoms with Crippen LogP contribution in [0.3, 0.4) is 0 Å². The number of nitrogens with one attached hydrogen (secondary N) is 1. The van der Waals surface area contributed by atoms with Crippen LogP contribution in [0.4, 0.5) is 10.1 Å². The van der Waals surface area contributed by atoms with Crippen LogP contribution in [-0.2, 0) is 19.6 Å². The lowest BCUT2D eigenvalue weighted by molar-refractivity contribution is -0.119. The maximum absolute atomic E-state index is 13.3. The van der Waals surface area contributed by atoms with Gasteiger partial charge in [-0.1, -0.05) is 11.6 Å². The van der Waals surface area contributed by atoms with Gasteiger partial charge in [0.1, 0.15) is 12.4 Å². The summed E-state index contributed by atoms with van der Waals surface area (Å²) in [5.74, 6) is -1.09. The number of hydrogen-bond acceptors (Lipinski definition) is 5. The van der Waals surface area contributed by atoms with Crippen molar-refractivity contribution < 1.29 is 22.3 Å². The molecule has 0 bridgehead atoms. The van der Waals surface area contributed by atoms with E-state index < -0.39 is 28.3 Å². The van der Waals surface area contributed by atoms with Crippen LogP contribution in [0.5, 0.6) is 0 Å². The maximum atomic E-state index is 13.3. The molecule has 0 radical (unpaired) electrons. The van der Waals surface area contributed by atoms with Crippen LogP contribution in [0.25, 0.3) is 0 Å². The van der Waals surface area contributed by atoms with Gasteiger partial charge in [0.25, 0.3) is 0 Å². The van der Waals surface area contributed by atoms with Gasteiger partial charge in [0.05, 0.1) is 30.2 Å². The van der Waals surface area contributed by atoms with Crippen molar-refractivity contribution >= 4 is 33.2 Å². The molecule has 26 heavy (non-hydrogen) atoms. The molecule has 1 heterocycles. The number of carbonyl (C=O) groups excluding carboxylic acids is 1. The Hall–Kier alpha value is -1.42. The standard InChI is InChI=1S/C16H23ClFN3O4S/c1-26(23,24)21(13-3-4-15(18)14(17)11-13)12-16(22)19-5-2-6-20-7-9-25-10-8-20/h3-4,11H,2,5-10,12H2,1H3,(H,19,22). The Morgan fingerprint density at radius 3 is 2.69 bits per heavy atom. The smallest absolute Gasteiger partial charge is 0.240 e. The fourth-order valence-electron chi connectivity index (χ4n) is 2.58. The number of benzene rings is 1. The largest absolute Gasteiger partial charge is 0.379 e. The molecule has 7 nitrogen and oxygen atoms in total. The Kier molecular flexibility index (Phi) is 7.63. The molecule has 1 aromatic carbocycles. The summed E-state index contributed by atoms with van der Waals surface area (Å²) >= 11 is 5.71. The number of hydrogen-bond donors (Lipinski definition) is 1. The Bertz CT molecular complexity index is 726. The molecule has 0 unspecified atom stereocenters. The predicted molar refractivity (Wildman–Crippen MR) is 98.5 cm³/mol. The number of amides is 1. The first-order valence-corrected chi connectivity index (χ1v) is 10.5. The third-order valence-corrected chi connectivity index (χ3v) is 5.39. The highest BCUT2D eigenvalue weighted by atomic mass is 35.5. The van der Waals surface area contributed by atoms with Crippen LogP contribution in [0.1, 0.15) is 6.42 Å². The van der Waals surface area contributed by atoms with Crippen molar-refractivity contribution in [2.45, 2.75) is 6.42 Å². The lowest BCUT2D eigenvalue weighted by Gasteiger charge is -2.26. The molecular weight excluding hydrogens is 385 g/mol. The van der Waals surface area contributed by atoms with Gasteiger partial charge >= 0.3 is 0 Å². The zero-order valence-corrected chi connectivity index (χ0v) is 16.2. The van der Waals surface area contributed by atoms with Crippen LogP contribution in [0.2, 0.25) is 5.02 Å². The first-order chi connectivity index (χ1) is 12.3. The molecule has 146 valence electrons. The van der Waals surface area contributed by atoms with Gasteiger partial charge in [0, 0.05) is 19.6 Å². The average molecular weight is 408 g/mol. The molecule has 0 aromatic heterocycles. The minimum Gasteiger partial charge on any atom is -0.379 e. The average Bonchev–Trinajstić information content (AvgIpc) is 2.59. The molecule has 2 rings (SSSR count). The fourth-order valence-corrected chi connectivity index (χ4v) is 3.60. The molecule has 0 atom stereocenters. The summed E-state index contributed by atoms with van der Waals surface area (Å²) in [4.78, 5) is 14.4. The van der Waals surface area contributed by atoms with Crippen molar-refractivity contribution in [1.29, 1.82) is 0 Å². The highest BCUT2D eigenvalue weighted by Gasteiger charge is 2.21. The first-order valence-electron chi connectivity index (χ1n) is 8.27. The molecular formula is C16H23ClFN3O4S. The number of sulfonamides is 1. The number of nitrogens with zero attached hydrogens (tertiary/aromatic N) is 2. The molecule has 0 saturated carbocycles. The van der Waals surface area contributed by atoms with Crippen molar-refractivity contribution in [2.24, 2.45) is 0 Å². The zero-order chi connectivity index (χ0) is 19.2. The van der Waals surface area contributed by atoms with E-state index in [4.69, 9.17) is 16.3 Å². The van der Waals surface area contributed by atoms with E-state index in [0.29, 0.717) is 6.54 Å². The normalized spacial score (nSPS) is 15.7. The molecule has 0 spiro atoms. The monoisotopic (exact) mass is 407 g/mol. The van der Waals surface area contributed by atoms with Crippen LogP contribution >= 0.6 is 11.6 Å². The maximum Gasteiger partial charge on any atom is 0.240 e. The SMILES string of the molecule is CS(=O)(=O)N(CC(=O)NCCCN1CCOCC1)c1ccc(F)c(Cl)c1. The predicted octanol–water partition coefficient (Wildman–Crippen LogP) is 1.08. The lowest BCUT2D eigenvalue weighted by atomic mass is 10.3. The minimum atomic E-state index is -3.72. The number of carbonyl (C=O) groups is 1. The Morgan fingerprint density at radius 2 is 2.08 bits per heavy atom. The Labute approximate surface area is 158 Å². The van der Waals surface area contributed by atoms with Crippen molar-refractivity contribution in [3.05, 3.63) is 29.0 Å². The molecule has 1 aliphatic rings. The van der Waals surface area contributed by atoms with E-state index in [1.807, 2.05) is 0 Å². The van der Waals surface area contributed by atoms with E-state index in [2.05, 4.69) is 10.2 Å². The number of anilines is 1. The van der Waals surface area contributed by atoms with E-state index in [0.717, 1.165) is 55.9 Å². The lowest BCUT2D eigenvalue weighted by Crippen LogP contribution is -2.42. The van der Waals surface area contributed by atoms with Crippen molar-refractivity contribution in [3.63, 3.8) is 0 Å². The fraction of sp³-hybridized carbons (Fsp3) is 0.562. The van der Waals surface area contributed by atoms with Crippen LogP contribution in [-0.4, -0.2) is 71.4 Å². The molecule has 1 aliphatic heterocycles. The van der Waals surface area contributed by atoms with Crippen molar-refractivity contribution in [2.75, 3.05) is 56.5 Å². The molecule has 0 aliphatic carbocycles. The zero-order valence-electron chi connectivity index (χ0n) is 14.6. The van der Waals surface area contributed by atoms with E-state index in [9.17, 15) is 17.6 Å². The number of morpholine rings is 1.